The first kappa shape index (κ1) is 16.0. The lowest BCUT2D eigenvalue weighted by atomic mass is 10.1. The van der Waals surface area contributed by atoms with Gasteiger partial charge in [0, 0.05) is 29.2 Å². The van der Waals surface area contributed by atoms with Crippen LogP contribution in [0.2, 0.25) is 0 Å². The van der Waals surface area contributed by atoms with E-state index in [-0.39, 0.29) is 0 Å². The van der Waals surface area contributed by atoms with Crippen LogP contribution in [0, 0.1) is 6.92 Å². The third kappa shape index (κ3) is 2.95. The molecule has 0 bridgehead atoms. The monoisotopic (exact) mass is 342 g/mol. The largest absolute Gasteiger partial charge is 0.497 e. The van der Waals surface area contributed by atoms with Crippen molar-refractivity contribution in [1.82, 2.24) is 19.7 Å². The zero-order valence-electron chi connectivity index (χ0n) is 14.6. The van der Waals surface area contributed by atoms with E-state index < -0.39 is 0 Å². The Kier molecular flexibility index (Phi) is 4.19. The molecule has 2 aromatic carbocycles. The van der Waals surface area contributed by atoms with E-state index in [0.717, 1.165) is 34.2 Å². The lowest BCUT2D eigenvalue weighted by Gasteiger charge is -2.12. The Labute approximate surface area is 151 Å². The number of hydrogen-bond donors (Lipinski definition) is 0. The number of ether oxygens (including phenoxy) is 1. The van der Waals surface area contributed by atoms with Gasteiger partial charge < -0.3 is 4.74 Å². The lowest BCUT2D eigenvalue weighted by Crippen LogP contribution is -2.00. The van der Waals surface area contributed by atoms with Crippen LogP contribution in [0.5, 0.6) is 5.75 Å². The molecule has 4 rings (SSSR count). The van der Waals surface area contributed by atoms with Crippen LogP contribution in [0.1, 0.15) is 5.56 Å². The SMILES string of the molecule is COc1ccc(-n2c(-c3ccncc3)nnc2-c2cccc(C)c2)cc1. The first-order valence-electron chi connectivity index (χ1n) is 8.33. The molecule has 2 heterocycles. The minimum absolute atomic E-state index is 0.772. The number of aryl methyl sites for hydroxylation is 1. The summed E-state index contributed by atoms with van der Waals surface area (Å²) in [4.78, 5) is 4.10. The second-order valence-electron chi connectivity index (χ2n) is 5.99. The number of nitrogens with zero attached hydrogens (tertiary/aromatic N) is 4. The third-order valence-corrected chi connectivity index (χ3v) is 4.21. The summed E-state index contributed by atoms with van der Waals surface area (Å²) in [6.45, 7) is 2.07. The summed E-state index contributed by atoms with van der Waals surface area (Å²) in [5.74, 6) is 2.38. The van der Waals surface area contributed by atoms with Gasteiger partial charge in [-0.1, -0.05) is 23.8 Å². The molecule has 0 saturated carbocycles. The van der Waals surface area contributed by atoms with E-state index in [1.165, 1.54) is 5.56 Å². The van der Waals surface area contributed by atoms with Crippen LogP contribution in [0.3, 0.4) is 0 Å². The molecule has 0 fully saturated rings. The van der Waals surface area contributed by atoms with Gasteiger partial charge in [-0.25, -0.2) is 0 Å². The maximum atomic E-state index is 5.28. The Morgan fingerprint density at radius 1 is 0.808 bits per heavy atom. The van der Waals surface area contributed by atoms with Crippen molar-refractivity contribution in [3.05, 3.63) is 78.6 Å². The molecule has 0 radical (unpaired) electrons. The second-order valence-corrected chi connectivity index (χ2v) is 5.99. The molecule has 0 amide bonds. The molecule has 0 atom stereocenters. The van der Waals surface area contributed by atoms with Gasteiger partial charge in [0.2, 0.25) is 0 Å². The molecule has 4 aromatic rings. The minimum Gasteiger partial charge on any atom is -0.497 e. The maximum absolute atomic E-state index is 5.28. The summed E-state index contributed by atoms with van der Waals surface area (Å²) in [6.07, 6.45) is 3.52. The van der Waals surface area contributed by atoms with E-state index in [1.807, 2.05) is 48.5 Å². The van der Waals surface area contributed by atoms with E-state index >= 15 is 0 Å². The number of rotatable bonds is 4. The zero-order chi connectivity index (χ0) is 17.9. The van der Waals surface area contributed by atoms with Gasteiger partial charge in [0.1, 0.15) is 5.75 Å². The van der Waals surface area contributed by atoms with Crippen molar-refractivity contribution >= 4 is 0 Å². The predicted molar refractivity (Wildman–Crippen MR) is 101 cm³/mol. The van der Waals surface area contributed by atoms with Gasteiger partial charge in [-0.05, 0) is 49.4 Å². The molecule has 0 unspecified atom stereocenters. The van der Waals surface area contributed by atoms with Gasteiger partial charge in [-0.15, -0.1) is 10.2 Å². The van der Waals surface area contributed by atoms with Crippen molar-refractivity contribution in [2.75, 3.05) is 7.11 Å². The molecule has 128 valence electrons. The summed E-state index contributed by atoms with van der Waals surface area (Å²) >= 11 is 0. The fourth-order valence-electron chi connectivity index (χ4n) is 2.92. The van der Waals surface area contributed by atoms with Crippen molar-refractivity contribution < 1.29 is 4.74 Å². The minimum atomic E-state index is 0.772. The van der Waals surface area contributed by atoms with Crippen molar-refractivity contribution in [3.63, 3.8) is 0 Å². The average Bonchev–Trinajstić information content (AvgIpc) is 3.14. The van der Waals surface area contributed by atoms with Crippen molar-refractivity contribution in [2.24, 2.45) is 0 Å². The van der Waals surface area contributed by atoms with Crippen LogP contribution < -0.4 is 4.74 Å². The second kappa shape index (κ2) is 6.80. The van der Waals surface area contributed by atoms with Crippen LogP contribution in [0.4, 0.5) is 0 Å². The van der Waals surface area contributed by atoms with Gasteiger partial charge >= 0.3 is 0 Å². The average molecular weight is 342 g/mol. The Balaban J connectivity index is 1.94. The van der Waals surface area contributed by atoms with E-state index in [4.69, 9.17) is 4.74 Å². The van der Waals surface area contributed by atoms with E-state index in [2.05, 4.69) is 38.8 Å². The number of aromatic nitrogens is 4. The molecule has 0 spiro atoms. The number of hydrogen-bond acceptors (Lipinski definition) is 4. The van der Waals surface area contributed by atoms with Gasteiger partial charge in [0.25, 0.3) is 0 Å². The molecule has 0 aliphatic rings. The first-order valence-corrected chi connectivity index (χ1v) is 8.33. The summed E-state index contributed by atoms with van der Waals surface area (Å²) in [6, 6.07) is 20.0. The van der Waals surface area contributed by atoms with Gasteiger partial charge in [0.05, 0.1) is 7.11 Å². The lowest BCUT2D eigenvalue weighted by molar-refractivity contribution is 0.415. The van der Waals surface area contributed by atoms with Gasteiger partial charge in [-0.2, -0.15) is 0 Å². The molecule has 26 heavy (non-hydrogen) atoms. The fourth-order valence-corrected chi connectivity index (χ4v) is 2.92. The Hall–Kier alpha value is -3.47. The van der Waals surface area contributed by atoms with Gasteiger partial charge in [0.15, 0.2) is 11.6 Å². The third-order valence-electron chi connectivity index (χ3n) is 4.21. The summed E-state index contributed by atoms with van der Waals surface area (Å²) in [5.41, 5.74) is 4.13. The van der Waals surface area contributed by atoms with E-state index in [1.54, 1.807) is 19.5 Å². The smallest absolute Gasteiger partial charge is 0.168 e. The molecule has 5 nitrogen and oxygen atoms in total. The highest BCUT2D eigenvalue weighted by molar-refractivity contribution is 5.67. The summed E-state index contributed by atoms with van der Waals surface area (Å²) in [5, 5.41) is 8.95. The highest BCUT2D eigenvalue weighted by atomic mass is 16.5. The van der Waals surface area contributed by atoms with Crippen LogP contribution in [-0.4, -0.2) is 26.9 Å². The quantitative estimate of drug-likeness (QED) is 0.554. The molecular weight excluding hydrogens is 324 g/mol. The molecule has 0 saturated heterocycles. The Morgan fingerprint density at radius 2 is 1.50 bits per heavy atom. The molecule has 0 aliphatic heterocycles. The molecule has 0 N–H and O–H groups in total. The highest BCUT2D eigenvalue weighted by Crippen LogP contribution is 2.29. The van der Waals surface area contributed by atoms with Gasteiger partial charge in [-0.3, -0.25) is 9.55 Å². The standard InChI is InChI=1S/C21H18N4O/c1-15-4-3-5-17(14-15)21-24-23-20(16-10-12-22-13-11-16)25(21)18-6-8-19(26-2)9-7-18/h3-14H,1-2H3. The highest BCUT2D eigenvalue weighted by Gasteiger charge is 2.17. The van der Waals surface area contributed by atoms with Crippen LogP contribution >= 0.6 is 0 Å². The van der Waals surface area contributed by atoms with Crippen LogP contribution in [0.15, 0.2) is 73.1 Å². The molecule has 2 aromatic heterocycles. The maximum Gasteiger partial charge on any atom is 0.168 e. The number of pyridine rings is 1. The van der Waals surface area contributed by atoms with Crippen molar-refractivity contribution in [2.45, 2.75) is 6.92 Å². The molecular formula is C21H18N4O. The summed E-state index contributed by atoms with van der Waals surface area (Å²) < 4.78 is 7.34. The molecule has 0 aliphatic carbocycles. The molecule has 5 heteroatoms. The number of methoxy groups -OCH3 is 1. The van der Waals surface area contributed by atoms with Crippen molar-refractivity contribution in [1.29, 1.82) is 0 Å². The Morgan fingerprint density at radius 3 is 2.15 bits per heavy atom. The zero-order valence-corrected chi connectivity index (χ0v) is 14.6. The number of benzene rings is 2. The van der Waals surface area contributed by atoms with Crippen LogP contribution in [0.25, 0.3) is 28.5 Å². The van der Waals surface area contributed by atoms with E-state index in [9.17, 15) is 0 Å². The topological polar surface area (TPSA) is 52.8 Å². The van der Waals surface area contributed by atoms with E-state index in [0.29, 0.717) is 0 Å². The Bertz CT molecular complexity index is 1020. The van der Waals surface area contributed by atoms with Crippen molar-refractivity contribution in [3.8, 4) is 34.2 Å². The summed E-state index contributed by atoms with van der Waals surface area (Å²) in [7, 11) is 1.66. The predicted octanol–water partition coefficient (Wildman–Crippen LogP) is 4.31. The first-order chi connectivity index (χ1) is 12.8. The normalized spacial score (nSPS) is 10.7. The van der Waals surface area contributed by atoms with Crippen LogP contribution in [-0.2, 0) is 0 Å². The fraction of sp³-hybridized carbons (Fsp3) is 0.0952.